The highest BCUT2D eigenvalue weighted by Crippen LogP contribution is 2.42. The third-order valence-corrected chi connectivity index (χ3v) is 3.58. The lowest BCUT2D eigenvalue weighted by Gasteiger charge is -2.43. The number of benzene rings is 1. The van der Waals surface area contributed by atoms with Crippen LogP contribution in [0.3, 0.4) is 0 Å². The molecule has 0 radical (unpaired) electrons. The first-order chi connectivity index (χ1) is 7.54. The highest BCUT2D eigenvalue weighted by Gasteiger charge is 2.38. The normalized spacial score (nSPS) is 28.9. The van der Waals surface area contributed by atoms with Crippen molar-refractivity contribution in [2.75, 3.05) is 7.05 Å². The zero-order valence-corrected chi connectivity index (χ0v) is 9.23. The van der Waals surface area contributed by atoms with Gasteiger partial charge in [-0.05, 0) is 43.0 Å². The number of halogens is 3. The van der Waals surface area contributed by atoms with Gasteiger partial charge in [0.15, 0.2) is 17.5 Å². The van der Waals surface area contributed by atoms with E-state index < -0.39 is 17.5 Å². The summed E-state index contributed by atoms with van der Waals surface area (Å²) in [6.07, 6.45) is 0.835. The number of rotatable bonds is 2. The quantitative estimate of drug-likeness (QED) is 0.769. The van der Waals surface area contributed by atoms with Gasteiger partial charge in [-0.15, -0.1) is 0 Å². The molecule has 4 heteroatoms. The van der Waals surface area contributed by atoms with Crippen LogP contribution >= 0.6 is 0 Å². The molecule has 3 atom stereocenters. The maximum absolute atomic E-state index is 13.0. The van der Waals surface area contributed by atoms with Crippen molar-refractivity contribution in [2.45, 2.75) is 25.3 Å². The zero-order valence-electron chi connectivity index (χ0n) is 9.23. The van der Waals surface area contributed by atoms with Crippen LogP contribution in [0.25, 0.3) is 0 Å². The van der Waals surface area contributed by atoms with Gasteiger partial charge in [-0.1, -0.05) is 6.92 Å². The van der Waals surface area contributed by atoms with Gasteiger partial charge in [0.1, 0.15) is 0 Å². The Labute approximate surface area is 92.7 Å². The molecule has 1 saturated carbocycles. The zero-order chi connectivity index (χ0) is 11.9. The predicted octanol–water partition coefficient (Wildman–Crippen LogP) is 2.82. The van der Waals surface area contributed by atoms with Gasteiger partial charge in [0.25, 0.3) is 0 Å². The summed E-state index contributed by atoms with van der Waals surface area (Å²) in [5.74, 6) is -3.16. The van der Waals surface area contributed by atoms with Gasteiger partial charge in [0.2, 0.25) is 0 Å². The lowest BCUT2D eigenvalue weighted by molar-refractivity contribution is 0.193. The van der Waals surface area contributed by atoms with Crippen LogP contribution in [0, 0.1) is 23.4 Å². The molecule has 0 spiro atoms. The summed E-state index contributed by atoms with van der Waals surface area (Å²) in [6, 6.07) is 2.58. The van der Waals surface area contributed by atoms with E-state index in [0.29, 0.717) is 17.5 Å². The van der Waals surface area contributed by atoms with E-state index in [9.17, 15) is 13.2 Å². The van der Waals surface area contributed by atoms with Gasteiger partial charge >= 0.3 is 0 Å². The highest BCUT2D eigenvalue weighted by atomic mass is 19.2. The number of nitrogens with one attached hydrogen (secondary N) is 1. The summed E-state index contributed by atoms with van der Waals surface area (Å²) < 4.78 is 38.8. The molecule has 0 heterocycles. The molecule has 1 aromatic carbocycles. The van der Waals surface area contributed by atoms with Crippen LogP contribution in [0.15, 0.2) is 12.1 Å². The fraction of sp³-hybridized carbons (Fsp3) is 0.500. The average molecular weight is 229 g/mol. The molecule has 1 aliphatic rings. The van der Waals surface area contributed by atoms with Crippen LogP contribution in [-0.2, 0) is 0 Å². The summed E-state index contributed by atoms with van der Waals surface area (Å²) in [7, 11) is 1.86. The largest absolute Gasteiger partial charge is 0.317 e. The Morgan fingerprint density at radius 3 is 2.19 bits per heavy atom. The summed E-state index contributed by atoms with van der Waals surface area (Å²) in [6.45, 7) is 2.02. The van der Waals surface area contributed by atoms with Crippen molar-refractivity contribution in [3.63, 3.8) is 0 Å². The second-order valence-electron chi connectivity index (χ2n) is 4.40. The van der Waals surface area contributed by atoms with Crippen LogP contribution in [0.1, 0.15) is 24.8 Å². The molecule has 0 aromatic heterocycles. The van der Waals surface area contributed by atoms with Crippen molar-refractivity contribution in [3.05, 3.63) is 35.1 Å². The fourth-order valence-corrected chi connectivity index (χ4v) is 2.40. The molecule has 1 fully saturated rings. The molecule has 1 aromatic rings. The minimum absolute atomic E-state index is 0.113. The highest BCUT2D eigenvalue weighted by molar-refractivity contribution is 5.27. The van der Waals surface area contributed by atoms with E-state index in [1.807, 2.05) is 14.0 Å². The second-order valence-corrected chi connectivity index (χ2v) is 4.40. The van der Waals surface area contributed by atoms with E-state index in [4.69, 9.17) is 0 Å². The Morgan fingerprint density at radius 2 is 1.75 bits per heavy atom. The third-order valence-electron chi connectivity index (χ3n) is 3.58. The molecule has 1 aliphatic carbocycles. The first-order valence-electron chi connectivity index (χ1n) is 5.36. The van der Waals surface area contributed by atoms with E-state index in [1.54, 1.807) is 0 Å². The lowest BCUT2D eigenvalue weighted by Crippen LogP contribution is -2.46. The molecular formula is C12H14F3N. The molecule has 0 aliphatic heterocycles. The maximum Gasteiger partial charge on any atom is 0.194 e. The SMILES string of the molecule is CNC1CC(c2cc(F)c(F)c(F)c2)C1C. The van der Waals surface area contributed by atoms with Crippen LogP contribution in [0.5, 0.6) is 0 Å². The molecule has 1 N–H and O–H groups in total. The Morgan fingerprint density at radius 1 is 1.19 bits per heavy atom. The Bertz CT molecular complexity index is 382. The minimum atomic E-state index is -1.39. The predicted molar refractivity (Wildman–Crippen MR) is 55.7 cm³/mol. The van der Waals surface area contributed by atoms with Crippen LogP contribution < -0.4 is 5.32 Å². The molecule has 88 valence electrons. The topological polar surface area (TPSA) is 12.0 Å². The maximum atomic E-state index is 13.0. The summed E-state index contributed by atoms with van der Waals surface area (Å²) in [5.41, 5.74) is 0.551. The lowest BCUT2D eigenvalue weighted by atomic mass is 9.67. The molecule has 0 amide bonds. The van der Waals surface area contributed by atoms with Gasteiger partial charge in [0, 0.05) is 6.04 Å². The molecule has 0 saturated heterocycles. The summed E-state index contributed by atoms with van der Waals surface area (Å²) >= 11 is 0. The Kier molecular flexibility index (Phi) is 2.93. The van der Waals surface area contributed by atoms with Gasteiger partial charge < -0.3 is 5.32 Å². The van der Waals surface area contributed by atoms with Crippen molar-refractivity contribution < 1.29 is 13.2 Å². The van der Waals surface area contributed by atoms with Crippen molar-refractivity contribution in [2.24, 2.45) is 5.92 Å². The molecule has 16 heavy (non-hydrogen) atoms. The van der Waals surface area contributed by atoms with Gasteiger partial charge in [-0.25, -0.2) is 13.2 Å². The molecule has 2 rings (SSSR count). The van der Waals surface area contributed by atoms with Crippen molar-refractivity contribution >= 4 is 0 Å². The van der Waals surface area contributed by atoms with Crippen molar-refractivity contribution in [3.8, 4) is 0 Å². The average Bonchev–Trinajstić information content (AvgIpc) is 2.24. The van der Waals surface area contributed by atoms with E-state index in [0.717, 1.165) is 18.6 Å². The molecular weight excluding hydrogens is 215 g/mol. The third kappa shape index (κ3) is 1.71. The van der Waals surface area contributed by atoms with Gasteiger partial charge in [0.05, 0.1) is 0 Å². The smallest absolute Gasteiger partial charge is 0.194 e. The van der Waals surface area contributed by atoms with E-state index >= 15 is 0 Å². The second kappa shape index (κ2) is 4.09. The monoisotopic (exact) mass is 229 g/mol. The van der Waals surface area contributed by atoms with Crippen LogP contribution in [0.4, 0.5) is 13.2 Å². The Balaban J connectivity index is 2.23. The number of hydrogen-bond donors (Lipinski definition) is 1. The van der Waals surface area contributed by atoms with Crippen molar-refractivity contribution in [1.82, 2.24) is 5.32 Å². The molecule has 1 nitrogen and oxygen atoms in total. The first kappa shape index (κ1) is 11.5. The molecule has 3 unspecified atom stereocenters. The summed E-state index contributed by atoms with van der Waals surface area (Å²) in [4.78, 5) is 0. The van der Waals surface area contributed by atoms with Crippen molar-refractivity contribution in [1.29, 1.82) is 0 Å². The van der Waals surface area contributed by atoms with E-state index in [-0.39, 0.29) is 5.92 Å². The Hall–Kier alpha value is -1.03. The minimum Gasteiger partial charge on any atom is -0.317 e. The van der Waals surface area contributed by atoms with Crippen LogP contribution in [0.2, 0.25) is 0 Å². The first-order valence-corrected chi connectivity index (χ1v) is 5.36. The standard InChI is InChI=1S/C12H14F3N/c1-6-8(5-11(6)16-2)7-3-9(13)12(15)10(14)4-7/h3-4,6,8,11,16H,5H2,1-2H3. The van der Waals surface area contributed by atoms with Crippen LogP contribution in [-0.4, -0.2) is 13.1 Å². The number of hydrogen-bond acceptors (Lipinski definition) is 1. The van der Waals surface area contributed by atoms with E-state index in [1.165, 1.54) is 0 Å². The van der Waals surface area contributed by atoms with Gasteiger partial charge in [-0.3, -0.25) is 0 Å². The van der Waals surface area contributed by atoms with E-state index in [2.05, 4.69) is 5.32 Å². The summed E-state index contributed by atoms with van der Waals surface area (Å²) in [5, 5.41) is 3.13. The fourth-order valence-electron chi connectivity index (χ4n) is 2.40. The molecule has 0 bridgehead atoms. The van der Waals surface area contributed by atoms with Gasteiger partial charge in [-0.2, -0.15) is 0 Å².